The van der Waals surface area contributed by atoms with Crippen molar-refractivity contribution in [2.45, 2.75) is 6.92 Å². The maximum absolute atomic E-state index is 10.0. The summed E-state index contributed by atoms with van der Waals surface area (Å²) < 4.78 is 0. The van der Waals surface area contributed by atoms with Gasteiger partial charge in [0.05, 0.1) is 6.21 Å². The van der Waals surface area contributed by atoms with Crippen molar-refractivity contribution in [1.29, 1.82) is 5.41 Å². The zero-order chi connectivity index (χ0) is 6.57. The summed E-state index contributed by atoms with van der Waals surface area (Å²) >= 11 is 0. The van der Waals surface area contributed by atoms with E-state index < -0.39 is 11.8 Å². The number of amides is 2. The van der Waals surface area contributed by atoms with Crippen molar-refractivity contribution in [3.05, 3.63) is 0 Å². The molecule has 5 heteroatoms. The van der Waals surface area contributed by atoms with E-state index in [-0.39, 0.29) is 12.4 Å². The molecule has 0 radical (unpaired) electrons. The average molecular weight is 151 g/mol. The van der Waals surface area contributed by atoms with E-state index in [0.29, 0.717) is 6.21 Å². The van der Waals surface area contributed by atoms with Gasteiger partial charge >= 0.3 is 0 Å². The van der Waals surface area contributed by atoms with Crippen LogP contribution in [0.5, 0.6) is 0 Å². The normalized spacial score (nSPS) is 6.78. The van der Waals surface area contributed by atoms with Crippen LogP contribution < -0.4 is 5.32 Å². The van der Waals surface area contributed by atoms with Crippen molar-refractivity contribution >= 4 is 30.4 Å². The Balaban J connectivity index is 0. The number of nitrogens with one attached hydrogen (secondary N) is 2. The fourth-order valence-corrected chi connectivity index (χ4v) is 0.210. The molecule has 0 aromatic carbocycles. The highest BCUT2D eigenvalue weighted by Gasteiger charge is 1.94. The molecule has 0 rings (SSSR count). The minimum Gasteiger partial charge on any atom is -0.303 e. The number of rotatable bonds is 1. The lowest BCUT2D eigenvalue weighted by atomic mass is 10.6. The molecular formula is C4H7ClN2O2. The van der Waals surface area contributed by atoms with Gasteiger partial charge in [0.2, 0.25) is 5.91 Å². The van der Waals surface area contributed by atoms with Gasteiger partial charge in [-0.05, 0) is 0 Å². The summed E-state index contributed by atoms with van der Waals surface area (Å²) in [5.74, 6) is -1.13. The summed E-state index contributed by atoms with van der Waals surface area (Å²) in [5, 5.41) is 8.18. The molecule has 2 N–H and O–H groups in total. The van der Waals surface area contributed by atoms with Crippen molar-refractivity contribution < 1.29 is 9.59 Å². The molecule has 0 aromatic heterocycles. The van der Waals surface area contributed by atoms with E-state index in [1.165, 1.54) is 6.92 Å². The van der Waals surface area contributed by atoms with Gasteiger partial charge in [-0.15, -0.1) is 12.4 Å². The largest absolute Gasteiger partial charge is 0.303 e. The Labute approximate surface area is 58.5 Å². The molecule has 9 heavy (non-hydrogen) atoms. The summed E-state index contributed by atoms with van der Waals surface area (Å²) in [6.07, 6.45) is 0.543. The van der Waals surface area contributed by atoms with Crippen molar-refractivity contribution in [1.82, 2.24) is 5.32 Å². The molecule has 0 aliphatic rings. The Bertz CT molecular complexity index is 135. The van der Waals surface area contributed by atoms with Crippen LogP contribution in [0.4, 0.5) is 0 Å². The van der Waals surface area contributed by atoms with E-state index >= 15 is 0 Å². The lowest BCUT2D eigenvalue weighted by Gasteiger charge is -1.88. The summed E-state index contributed by atoms with van der Waals surface area (Å²) in [4.78, 5) is 20.0. The summed E-state index contributed by atoms with van der Waals surface area (Å²) in [6.45, 7) is 1.21. The highest BCUT2D eigenvalue weighted by molar-refractivity contribution is 6.28. The molecule has 0 aliphatic heterocycles. The Kier molecular flexibility index (Phi) is 6.39. The number of hydrogen-bond acceptors (Lipinski definition) is 3. The fourth-order valence-electron chi connectivity index (χ4n) is 0.210. The number of hydrogen-bond donors (Lipinski definition) is 2. The monoisotopic (exact) mass is 150 g/mol. The second kappa shape index (κ2) is 5.24. The third-order valence-electron chi connectivity index (χ3n) is 0.430. The molecule has 0 spiro atoms. The first-order valence-corrected chi connectivity index (χ1v) is 1.99. The van der Waals surface area contributed by atoms with Crippen molar-refractivity contribution in [2.24, 2.45) is 0 Å². The molecule has 2 amide bonds. The van der Waals surface area contributed by atoms with Gasteiger partial charge < -0.3 is 5.41 Å². The minimum absolute atomic E-state index is 0. The molecule has 0 atom stereocenters. The van der Waals surface area contributed by atoms with E-state index in [4.69, 9.17) is 5.41 Å². The number of halogens is 1. The maximum atomic E-state index is 10.0. The second-order valence-corrected chi connectivity index (χ2v) is 1.19. The van der Waals surface area contributed by atoms with Crippen molar-refractivity contribution in [3.63, 3.8) is 0 Å². The zero-order valence-corrected chi connectivity index (χ0v) is 5.62. The van der Waals surface area contributed by atoms with Gasteiger partial charge in [-0.2, -0.15) is 0 Å². The van der Waals surface area contributed by atoms with Crippen molar-refractivity contribution in [3.8, 4) is 0 Å². The van der Waals surface area contributed by atoms with E-state index in [1.54, 1.807) is 0 Å². The van der Waals surface area contributed by atoms with Crippen LogP contribution in [-0.4, -0.2) is 18.0 Å². The predicted octanol–water partition coefficient (Wildman–Crippen LogP) is -0.280. The van der Waals surface area contributed by atoms with Gasteiger partial charge in [-0.3, -0.25) is 14.9 Å². The summed E-state index contributed by atoms with van der Waals surface area (Å²) in [6, 6.07) is 0. The molecule has 4 nitrogen and oxygen atoms in total. The summed E-state index contributed by atoms with van der Waals surface area (Å²) in [7, 11) is 0. The molecule has 0 aliphatic carbocycles. The van der Waals surface area contributed by atoms with Crippen LogP contribution in [-0.2, 0) is 9.59 Å². The van der Waals surface area contributed by atoms with Gasteiger partial charge in [-0.1, -0.05) is 0 Å². The quantitative estimate of drug-likeness (QED) is 0.505. The standard InChI is InChI=1S/C4H6N2O2.ClH/c1-3(7)6-4(8)2-5;/h2,5H,1H3,(H,6,7,8);1H. The van der Waals surface area contributed by atoms with E-state index in [2.05, 4.69) is 0 Å². The van der Waals surface area contributed by atoms with Crippen LogP contribution >= 0.6 is 12.4 Å². The number of carbonyl (C=O) groups excluding carboxylic acids is 2. The van der Waals surface area contributed by atoms with Gasteiger partial charge in [0.1, 0.15) is 0 Å². The molecule has 0 unspecified atom stereocenters. The molecule has 0 heterocycles. The maximum Gasteiger partial charge on any atom is 0.268 e. The Hall–Kier alpha value is -0.900. The third-order valence-corrected chi connectivity index (χ3v) is 0.430. The van der Waals surface area contributed by atoms with Crippen LogP contribution in [0.2, 0.25) is 0 Å². The highest BCUT2D eigenvalue weighted by Crippen LogP contribution is 1.57. The van der Waals surface area contributed by atoms with Gasteiger partial charge in [0.15, 0.2) is 0 Å². The first kappa shape index (κ1) is 11.0. The van der Waals surface area contributed by atoms with Gasteiger partial charge in [0.25, 0.3) is 5.91 Å². The Morgan fingerprint density at radius 2 is 2.00 bits per heavy atom. The van der Waals surface area contributed by atoms with Gasteiger partial charge in [0, 0.05) is 6.92 Å². The molecule has 0 aromatic rings. The third kappa shape index (κ3) is 7.10. The number of carbonyl (C=O) groups is 2. The first-order valence-electron chi connectivity index (χ1n) is 1.99. The fraction of sp³-hybridized carbons (Fsp3) is 0.250. The first-order chi connectivity index (χ1) is 3.66. The molecular weight excluding hydrogens is 144 g/mol. The minimum atomic E-state index is -0.683. The van der Waals surface area contributed by atoms with Crippen LogP contribution in [0.1, 0.15) is 6.92 Å². The topological polar surface area (TPSA) is 70.0 Å². The van der Waals surface area contributed by atoms with Crippen molar-refractivity contribution in [2.75, 3.05) is 0 Å². The average Bonchev–Trinajstić information content (AvgIpc) is 1.65. The van der Waals surface area contributed by atoms with E-state index in [1.807, 2.05) is 5.32 Å². The molecule has 52 valence electrons. The zero-order valence-electron chi connectivity index (χ0n) is 4.80. The summed E-state index contributed by atoms with van der Waals surface area (Å²) in [5.41, 5.74) is 0. The second-order valence-electron chi connectivity index (χ2n) is 1.19. The Morgan fingerprint density at radius 1 is 1.56 bits per heavy atom. The van der Waals surface area contributed by atoms with Crippen LogP contribution in [0.3, 0.4) is 0 Å². The molecule has 0 bridgehead atoms. The lowest BCUT2D eigenvalue weighted by Crippen LogP contribution is -2.28. The highest BCUT2D eigenvalue weighted by atomic mass is 35.5. The van der Waals surface area contributed by atoms with E-state index in [0.717, 1.165) is 0 Å². The lowest BCUT2D eigenvalue weighted by molar-refractivity contribution is -0.125. The van der Waals surface area contributed by atoms with E-state index in [9.17, 15) is 9.59 Å². The van der Waals surface area contributed by atoms with Crippen LogP contribution in [0.25, 0.3) is 0 Å². The SMILES string of the molecule is CC(=O)NC(=O)C=N.Cl. The number of imide groups is 1. The smallest absolute Gasteiger partial charge is 0.268 e. The van der Waals surface area contributed by atoms with Crippen LogP contribution in [0.15, 0.2) is 0 Å². The molecule has 0 saturated heterocycles. The Morgan fingerprint density at radius 3 is 2.11 bits per heavy atom. The molecule has 0 saturated carbocycles. The van der Waals surface area contributed by atoms with Gasteiger partial charge in [-0.25, -0.2) is 0 Å². The van der Waals surface area contributed by atoms with Crippen LogP contribution in [0, 0.1) is 5.41 Å². The predicted molar refractivity (Wildman–Crippen MR) is 34.9 cm³/mol. The molecule has 0 fully saturated rings.